The molecule has 1 fully saturated rings. The van der Waals surface area contributed by atoms with Gasteiger partial charge in [0.2, 0.25) is 0 Å². The van der Waals surface area contributed by atoms with Crippen LogP contribution in [0.15, 0.2) is 18.2 Å². The third-order valence-electron chi connectivity index (χ3n) is 4.62. The number of benzene rings is 1. The van der Waals surface area contributed by atoms with Crippen molar-refractivity contribution in [3.05, 3.63) is 29.3 Å². The minimum Gasteiger partial charge on any atom is -0.497 e. The van der Waals surface area contributed by atoms with E-state index in [4.69, 9.17) is 4.74 Å². The molecule has 104 valence electrons. The molecule has 0 bridgehead atoms. The van der Waals surface area contributed by atoms with Gasteiger partial charge in [-0.1, -0.05) is 13.0 Å². The van der Waals surface area contributed by atoms with Crippen LogP contribution in [0.2, 0.25) is 0 Å². The van der Waals surface area contributed by atoms with Crippen molar-refractivity contribution in [3.8, 4) is 5.75 Å². The molecule has 2 atom stereocenters. The molecule has 2 aliphatic rings. The average molecular weight is 260 g/mol. The number of rotatable bonds is 2. The molecule has 1 aliphatic carbocycles. The van der Waals surface area contributed by atoms with E-state index >= 15 is 0 Å². The van der Waals surface area contributed by atoms with E-state index in [-0.39, 0.29) is 0 Å². The molecule has 0 amide bonds. The number of nitrogens with one attached hydrogen (secondary N) is 1. The molecule has 1 N–H and O–H groups in total. The van der Waals surface area contributed by atoms with E-state index in [0.717, 1.165) is 37.8 Å². The largest absolute Gasteiger partial charge is 0.497 e. The minimum absolute atomic E-state index is 0.570. The van der Waals surface area contributed by atoms with E-state index in [1.807, 2.05) is 0 Å². The van der Waals surface area contributed by atoms with Gasteiger partial charge in [0.05, 0.1) is 7.11 Å². The summed E-state index contributed by atoms with van der Waals surface area (Å²) in [6.07, 6.45) is 2.51. The first-order chi connectivity index (χ1) is 9.29. The summed E-state index contributed by atoms with van der Waals surface area (Å²) in [5.74, 6) is 1.73. The highest BCUT2D eigenvalue weighted by molar-refractivity contribution is 5.39. The molecule has 0 spiro atoms. The predicted octanol–water partition coefficient (Wildman–Crippen LogP) is 2.22. The van der Waals surface area contributed by atoms with Crippen molar-refractivity contribution in [2.45, 2.75) is 25.8 Å². The van der Waals surface area contributed by atoms with Gasteiger partial charge in [-0.15, -0.1) is 0 Å². The molecule has 1 aromatic carbocycles. The third-order valence-corrected chi connectivity index (χ3v) is 4.62. The van der Waals surface area contributed by atoms with Crippen molar-refractivity contribution in [2.24, 2.45) is 5.92 Å². The quantitative estimate of drug-likeness (QED) is 0.882. The van der Waals surface area contributed by atoms with Gasteiger partial charge in [0.15, 0.2) is 0 Å². The lowest BCUT2D eigenvalue weighted by molar-refractivity contribution is 0.119. The Morgan fingerprint density at radius 3 is 2.79 bits per heavy atom. The highest BCUT2D eigenvalue weighted by Gasteiger charge is 2.32. The fourth-order valence-corrected chi connectivity index (χ4v) is 3.57. The van der Waals surface area contributed by atoms with Gasteiger partial charge in [-0.25, -0.2) is 0 Å². The van der Waals surface area contributed by atoms with E-state index in [9.17, 15) is 0 Å². The number of hydrogen-bond acceptors (Lipinski definition) is 3. The van der Waals surface area contributed by atoms with Gasteiger partial charge in [0.25, 0.3) is 0 Å². The van der Waals surface area contributed by atoms with Crippen LogP contribution >= 0.6 is 0 Å². The van der Waals surface area contributed by atoms with Crippen LogP contribution in [0.5, 0.6) is 5.75 Å². The molecular weight excluding hydrogens is 236 g/mol. The molecular formula is C16H24N2O. The predicted molar refractivity (Wildman–Crippen MR) is 77.7 cm³/mol. The number of nitrogens with zero attached hydrogens (tertiary/aromatic N) is 1. The summed E-state index contributed by atoms with van der Waals surface area (Å²) in [6, 6.07) is 7.19. The summed E-state index contributed by atoms with van der Waals surface area (Å²) < 4.78 is 5.42. The molecule has 3 rings (SSSR count). The lowest BCUT2D eigenvalue weighted by Gasteiger charge is -2.42. The molecule has 2 unspecified atom stereocenters. The molecule has 1 aliphatic heterocycles. The summed E-state index contributed by atoms with van der Waals surface area (Å²) in [5, 5.41) is 3.45. The molecule has 0 aromatic heterocycles. The van der Waals surface area contributed by atoms with Gasteiger partial charge < -0.3 is 10.1 Å². The minimum atomic E-state index is 0.570. The second-order valence-electron chi connectivity index (χ2n) is 5.81. The lowest BCUT2D eigenvalue weighted by atomic mass is 9.79. The molecule has 0 radical (unpaired) electrons. The smallest absolute Gasteiger partial charge is 0.119 e. The SMILES string of the molecule is COc1ccc2c(c1)C(N1CCNCC1)C(C)CC2. The average Bonchev–Trinajstić information content (AvgIpc) is 2.47. The molecule has 19 heavy (non-hydrogen) atoms. The van der Waals surface area contributed by atoms with Gasteiger partial charge in [-0.2, -0.15) is 0 Å². The van der Waals surface area contributed by atoms with Crippen molar-refractivity contribution in [1.82, 2.24) is 10.2 Å². The maximum Gasteiger partial charge on any atom is 0.119 e. The van der Waals surface area contributed by atoms with Crippen molar-refractivity contribution >= 4 is 0 Å². The summed E-state index contributed by atoms with van der Waals surface area (Å²) >= 11 is 0. The third kappa shape index (κ3) is 2.49. The Morgan fingerprint density at radius 1 is 1.26 bits per heavy atom. The van der Waals surface area contributed by atoms with E-state index in [2.05, 4.69) is 35.3 Å². The Balaban J connectivity index is 1.94. The van der Waals surface area contributed by atoms with Gasteiger partial charge in [0, 0.05) is 32.2 Å². The zero-order valence-corrected chi connectivity index (χ0v) is 12.0. The Morgan fingerprint density at radius 2 is 2.05 bits per heavy atom. The zero-order chi connectivity index (χ0) is 13.2. The van der Waals surface area contributed by atoms with Crippen molar-refractivity contribution < 1.29 is 4.74 Å². The van der Waals surface area contributed by atoms with Crippen LogP contribution in [0.4, 0.5) is 0 Å². The number of piperazine rings is 1. The van der Waals surface area contributed by atoms with Gasteiger partial charge in [-0.3, -0.25) is 4.90 Å². The molecule has 3 heteroatoms. The van der Waals surface area contributed by atoms with Gasteiger partial charge in [-0.05, 0) is 42.0 Å². The number of methoxy groups -OCH3 is 1. The number of ether oxygens (including phenoxy) is 1. The standard InChI is InChI=1S/C16H24N2O/c1-12-3-4-13-5-6-14(19-2)11-15(13)16(12)18-9-7-17-8-10-18/h5-6,11-12,16-17H,3-4,7-10H2,1-2H3. The van der Waals surface area contributed by atoms with Crippen LogP contribution in [0.3, 0.4) is 0 Å². The fourth-order valence-electron chi connectivity index (χ4n) is 3.57. The second-order valence-corrected chi connectivity index (χ2v) is 5.81. The molecule has 0 saturated carbocycles. The monoisotopic (exact) mass is 260 g/mol. The summed E-state index contributed by atoms with van der Waals surface area (Å²) in [7, 11) is 1.76. The van der Waals surface area contributed by atoms with Crippen LogP contribution in [0.25, 0.3) is 0 Å². The van der Waals surface area contributed by atoms with Crippen LogP contribution in [0, 0.1) is 5.92 Å². The summed E-state index contributed by atoms with van der Waals surface area (Å²) in [4.78, 5) is 2.65. The number of fused-ring (bicyclic) bond motifs is 1. The highest BCUT2D eigenvalue weighted by Crippen LogP contribution is 2.40. The van der Waals surface area contributed by atoms with Crippen molar-refractivity contribution in [3.63, 3.8) is 0 Å². The first-order valence-corrected chi connectivity index (χ1v) is 7.41. The molecule has 1 saturated heterocycles. The Kier molecular flexibility index (Phi) is 3.76. The van der Waals surface area contributed by atoms with Crippen LogP contribution in [-0.4, -0.2) is 38.2 Å². The van der Waals surface area contributed by atoms with Crippen LogP contribution in [-0.2, 0) is 6.42 Å². The maximum atomic E-state index is 5.42. The normalized spacial score (nSPS) is 27.9. The van der Waals surface area contributed by atoms with E-state index in [1.54, 1.807) is 7.11 Å². The summed E-state index contributed by atoms with van der Waals surface area (Å²) in [6.45, 7) is 6.94. The Bertz CT molecular complexity index is 440. The lowest BCUT2D eigenvalue weighted by Crippen LogP contribution is -2.47. The Hall–Kier alpha value is -1.06. The van der Waals surface area contributed by atoms with Crippen LogP contribution < -0.4 is 10.1 Å². The summed E-state index contributed by atoms with van der Waals surface area (Å²) in [5.41, 5.74) is 3.02. The molecule has 3 nitrogen and oxygen atoms in total. The van der Waals surface area contributed by atoms with E-state index in [1.165, 1.54) is 24.0 Å². The van der Waals surface area contributed by atoms with E-state index < -0.39 is 0 Å². The number of hydrogen-bond donors (Lipinski definition) is 1. The highest BCUT2D eigenvalue weighted by atomic mass is 16.5. The maximum absolute atomic E-state index is 5.42. The first-order valence-electron chi connectivity index (χ1n) is 7.41. The fraction of sp³-hybridized carbons (Fsp3) is 0.625. The van der Waals surface area contributed by atoms with Crippen LogP contribution in [0.1, 0.15) is 30.5 Å². The molecule has 1 heterocycles. The van der Waals surface area contributed by atoms with Crippen molar-refractivity contribution in [1.29, 1.82) is 0 Å². The van der Waals surface area contributed by atoms with Gasteiger partial charge in [0.1, 0.15) is 5.75 Å². The van der Waals surface area contributed by atoms with Crippen molar-refractivity contribution in [2.75, 3.05) is 33.3 Å². The Labute approximate surface area is 115 Å². The van der Waals surface area contributed by atoms with E-state index in [0.29, 0.717) is 6.04 Å². The zero-order valence-electron chi connectivity index (χ0n) is 12.0. The first kappa shape index (κ1) is 12.9. The topological polar surface area (TPSA) is 24.5 Å². The number of aryl methyl sites for hydroxylation is 1. The van der Waals surface area contributed by atoms with Gasteiger partial charge >= 0.3 is 0 Å². The second kappa shape index (κ2) is 5.51. The molecule has 1 aromatic rings.